The smallest absolute Gasteiger partial charge is 0.243 e. The molecule has 4 aromatic rings. The zero-order chi connectivity index (χ0) is 24.6. The molecule has 0 atom stereocenters. The number of amides is 1. The second-order valence-corrected chi connectivity index (χ2v) is 7.15. The number of hydrogen-bond acceptors (Lipinski definition) is 8. The molecule has 178 valence electrons. The molecule has 0 aliphatic rings. The first-order valence-electron chi connectivity index (χ1n) is 10.5. The summed E-state index contributed by atoms with van der Waals surface area (Å²) in [5, 5.41) is 11.1. The molecular weight excluding hydrogens is 456 g/mol. The number of carbonyl (C=O) groups is 1. The maximum atomic E-state index is 14.1. The third-order valence-corrected chi connectivity index (χ3v) is 4.66. The Kier molecular flexibility index (Phi) is 7.26. The second kappa shape index (κ2) is 10.9. The van der Waals surface area contributed by atoms with Crippen LogP contribution in [0.25, 0.3) is 0 Å². The Labute approximate surface area is 199 Å². The summed E-state index contributed by atoms with van der Waals surface area (Å²) in [6.45, 7) is -0.172. The topological polar surface area (TPSA) is 113 Å². The Hall–Kier alpha value is -4.80. The highest BCUT2D eigenvalue weighted by Crippen LogP contribution is 2.22. The van der Waals surface area contributed by atoms with Crippen molar-refractivity contribution in [2.24, 2.45) is 0 Å². The number of carbonyl (C=O) groups excluding carboxylic acids is 1. The first kappa shape index (κ1) is 23.4. The average molecular weight is 477 g/mol. The maximum absolute atomic E-state index is 14.1. The SMILES string of the molecule is COc1ccc(NC(=O)CNc2nc(Nc3ccccc3F)nc(Nc3ccccc3F)n2)cc1. The number of benzene rings is 3. The van der Waals surface area contributed by atoms with Crippen molar-refractivity contribution in [3.8, 4) is 5.75 Å². The van der Waals surface area contributed by atoms with E-state index in [0.29, 0.717) is 11.4 Å². The first-order chi connectivity index (χ1) is 17.0. The van der Waals surface area contributed by atoms with E-state index in [0.717, 1.165) is 0 Å². The molecule has 0 fully saturated rings. The summed E-state index contributed by atoms with van der Waals surface area (Å²) in [4.78, 5) is 25.0. The van der Waals surface area contributed by atoms with Gasteiger partial charge in [0.2, 0.25) is 23.8 Å². The van der Waals surface area contributed by atoms with Crippen molar-refractivity contribution in [1.82, 2.24) is 15.0 Å². The van der Waals surface area contributed by atoms with Crippen LogP contribution in [0, 0.1) is 11.6 Å². The molecule has 1 amide bonds. The molecule has 4 N–H and O–H groups in total. The van der Waals surface area contributed by atoms with Crippen molar-refractivity contribution in [1.29, 1.82) is 0 Å². The van der Waals surface area contributed by atoms with Crippen LogP contribution in [0.1, 0.15) is 0 Å². The lowest BCUT2D eigenvalue weighted by Crippen LogP contribution is -2.23. The van der Waals surface area contributed by atoms with Crippen LogP contribution in [0.3, 0.4) is 0 Å². The van der Waals surface area contributed by atoms with Gasteiger partial charge in [0.25, 0.3) is 0 Å². The second-order valence-electron chi connectivity index (χ2n) is 7.15. The number of halogens is 2. The summed E-state index contributed by atoms with van der Waals surface area (Å²) >= 11 is 0. The molecule has 0 bridgehead atoms. The molecule has 0 saturated carbocycles. The third kappa shape index (κ3) is 6.38. The van der Waals surface area contributed by atoms with Crippen molar-refractivity contribution in [3.63, 3.8) is 0 Å². The van der Waals surface area contributed by atoms with Gasteiger partial charge in [-0.1, -0.05) is 24.3 Å². The van der Waals surface area contributed by atoms with Gasteiger partial charge >= 0.3 is 0 Å². The summed E-state index contributed by atoms with van der Waals surface area (Å²) in [5.74, 6) is -0.722. The lowest BCUT2D eigenvalue weighted by molar-refractivity contribution is -0.114. The van der Waals surface area contributed by atoms with Crippen molar-refractivity contribution in [2.45, 2.75) is 0 Å². The first-order valence-corrected chi connectivity index (χ1v) is 10.5. The maximum Gasteiger partial charge on any atom is 0.243 e. The van der Waals surface area contributed by atoms with Crippen LogP contribution in [-0.2, 0) is 4.79 Å². The van der Waals surface area contributed by atoms with Gasteiger partial charge in [0, 0.05) is 5.69 Å². The number of ether oxygens (including phenoxy) is 1. The number of nitrogens with zero attached hydrogens (tertiary/aromatic N) is 3. The van der Waals surface area contributed by atoms with E-state index in [4.69, 9.17) is 4.74 Å². The van der Waals surface area contributed by atoms with Gasteiger partial charge in [-0.3, -0.25) is 4.79 Å². The predicted molar refractivity (Wildman–Crippen MR) is 129 cm³/mol. The van der Waals surface area contributed by atoms with Crippen molar-refractivity contribution in [3.05, 3.63) is 84.4 Å². The fourth-order valence-electron chi connectivity index (χ4n) is 2.97. The minimum Gasteiger partial charge on any atom is -0.497 e. The number of rotatable bonds is 9. The largest absolute Gasteiger partial charge is 0.497 e. The monoisotopic (exact) mass is 477 g/mol. The van der Waals surface area contributed by atoms with E-state index >= 15 is 0 Å². The van der Waals surface area contributed by atoms with Crippen LogP contribution in [0.2, 0.25) is 0 Å². The Morgan fingerprint density at radius 2 is 1.29 bits per heavy atom. The van der Waals surface area contributed by atoms with E-state index in [2.05, 4.69) is 36.2 Å². The van der Waals surface area contributed by atoms with Crippen molar-refractivity contribution < 1.29 is 18.3 Å². The molecule has 1 aromatic heterocycles. The molecule has 0 radical (unpaired) electrons. The highest BCUT2D eigenvalue weighted by atomic mass is 19.1. The Morgan fingerprint density at radius 3 is 1.80 bits per heavy atom. The van der Waals surface area contributed by atoms with E-state index in [1.165, 1.54) is 24.3 Å². The van der Waals surface area contributed by atoms with Gasteiger partial charge in [0.1, 0.15) is 17.4 Å². The van der Waals surface area contributed by atoms with Crippen LogP contribution in [0.4, 0.5) is 43.7 Å². The van der Waals surface area contributed by atoms with Crippen LogP contribution in [-0.4, -0.2) is 34.5 Å². The standard InChI is InChI=1S/C24H21F2N7O2/c1-35-16-12-10-15(11-13-16)28-21(34)14-27-22-31-23(29-19-8-4-2-6-17(19)25)33-24(32-22)30-20-9-5-3-7-18(20)26/h2-13H,14H2,1H3,(H,28,34)(H3,27,29,30,31,32,33). The predicted octanol–water partition coefficient (Wildman–Crippen LogP) is 4.70. The normalized spacial score (nSPS) is 10.4. The number of para-hydroxylation sites is 2. The molecule has 11 heteroatoms. The lowest BCUT2D eigenvalue weighted by Gasteiger charge is -2.12. The number of methoxy groups -OCH3 is 1. The van der Waals surface area contributed by atoms with Crippen molar-refractivity contribution in [2.75, 3.05) is 34.9 Å². The van der Waals surface area contributed by atoms with Crippen LogP contribution >= 0.6 is 0 Å². The number of hydrogen-bond donors (Lipinski definition) is 4. The number of aromatic nitrogens is 3. The molecule has 0 saturated heterocycles. The summed E-state index contributed by atoms with van der Waals surface area (Å²) in [6.07, 6.45) is 0. The minimum atomic E-state index is -0.509. The third-order valence-electron chi connectivity index (χ3n) is 4.66. The van der Waals surface area contributed by atoms with Gasteiger partial charge in [-0.25, -0.2) is 8.78 Å². The molecule has 0 unspecified atom stereocenters. The van der Waals surface area contributed by atoms with Gasteiger partial charge in [0.15, 0.2) is 0 Å². The van der Waals surface area contributed by atoms with Crippen LogP contribution < -0.4 is 26.0 Å². The zero-order valence-corrected chi connectivity index (χ0v) is 18.5. The molecular formula is C24H21F2N7O2. The quantitative estimate of drug-likeness (QED) is 0.275. The van der Waals surface area contributed by atoms with E-state index in [1.54, 1.807) is 55.6 Å². The molecule has 0 aliphatic heterocycles. The van der Waals surface area contributed by atoms with E-state index in [1.807, 2.05) is 0 Å². The van der Waals surface area contributed by atoms with Gasteiger partial charge < -0.3 is 26.0 Å². The summed E-state index contributed by atoms with van der Waals surface area (Å²) in [6, 6.07) is 18.8. The summed E-state index contributed by atoms with van der Waals surface area (Å²) < 4.78 is 33.3. The summed E-state index contributed by atoms with van der Waals surface area (Å²) in [7, 11) is 1.55. The van der Waals surface area contributed by atoms with Gasteiger partial charge in [0.05, 0.1) is 25.0 Å². The fraction of sp³-hybridized carbons (Fsp3) is 0.0833. The molecule has 3 aromatic carbocycles. The highest BCUT2D eigenvalue weighted by molar-refractivity contribution is 5.93. The molecule has 9 nitrogen and oxygen atoms in total. The highest BCUT2D eigenvalue weighted by Gasteiger charge is 2.12. The number of nitrogens with one attached hydrogen (secondary N) is 4. The average Bonchev–Trinajstić information content (AvgIpc) is 2.86. The Balaban J connectivity index is 1.51. The molecule has 0 aliphatic carbocycles. The number of anilines is 6. The molecule has 0 spiro atoms. The fourth-order valence-corrected chi connectivity index (χ4v) is 2.97. The minimum absolute atomic E-state index is 0.0120. The van der Waals surface area contributed by atoms with Crippen LogP contribution in [0.15, 0.2) is 72.8 Å². The Bertz CT molecular complexity index is 1250. The Morgan fingerprint density at radius 1 is 0.771 bits per heavy atom. The lowest BCUT2D eigenvalue weighted by atomic mass is 10.3. The van der Waals surface area contributed by atoms with Gasteiger partial charge in [-0.2, -0.15) is 15.0 Å². The molecule has 4 rings (SSSR count). The van der Waals surface area contributed by atoms with E-state index in [9.17, 15) is 13.6 Å². The molecule has 1 heterocycles. The van der Waals surface area contributed by atoms with E-state index in [-0.39, 0.29) is 41.7 Å². The zero-order valence-electron chi connectivity index (χ0n) is 18.5. The van der Waals surface area contributed by atoms with Gasteiger partial charge in [-0.05, 0) is 48.5 Å². The molecule has 35 heavy (non-hydrogen) atoms. The van der Waals surface area contributed by atoms with E-state index < -0.39 is 11.6 Å². The van der Waals surface area contributed by atoms with Crippen LogP contribution in [0.5, 0.6) is 5.75 Å². The van der Waals surface area contributed by atoms with Crippen molar-refractivity contribution >= 4 is 40.8 Å². The summed E-state index contributed by atoms with van der Waals surface area (Å²) in [5.41, 5.74) is 0.856. The van der Waals surface area contributed by atoms with Gasteiger partial charge in [-0.15, -0.1) is 0 Å².